The largest absolute Gasteiger partial charge is 0.491 e. The predicted octanol–water partition coefficient (Wildman–Crippen LogP) is 4.74. The lowest BCUT2D eigenvalue weighted by molar-refractivity contribution is -0.188. The van der Waals surface area contributed by atoms with Crippen molar-refractivity contribution in [2.24, 2.45) is 0 Å². The van der Waals surface area contributed by atoms with E-state index in [0.717, 1.165) is 22.7 Å². The Morgan fingerprint density at radius 2 is 1.97 bits per heavy atom. The number of allylic oxidation sites excluding steroid dienone is 1. The Morgan fingerprint density at radius 1 is 1.08 bits per heavy atom. The van der Waals surface area contributed by atoms with Crippen molar-refractivity contribution in [3.8, 4) is 5.75 Å². The quantitative estimate of drug-likeness (QED) is 0.318. The van der Waals surface area contributed by atoms with Gasteiger partial charge in [0, 0.05) is 29.5 Å². The minimum Gasteiger partial charge on any atom is -0.491 e. The molecule has 2 aromatic carbocycles. The van der Waals surface area contributed by atoms with E-state index in [1.165, 1.54) is 17.6 Å². The molecule has 1 fully saturated rings. The molecule has 2 aliphatic heterocycles. The minimum absolute atomic E-state index is 0.198. The second-order valence-corrected chi connectivity index (χ2v) is 10.3. The molecule has 0 bridgehead atoms. The van der Waals surface area contributed by atoms with Crippen LogP contribution in [0.1, 0.15) is 10.4 Å². The van der Waals surface area contributed by atoms with Crippen LogP contribution >= 0.6 is 23.3 Å². The number of rotatable bonds is 9. The van der Waals surface area contributed by atoms with Gasteiger partial charge in [0.05, 0.1) is 17.2 Å². The van der Waals surface area contributed by atoms with Crippen molar-refractivity contribution in [3.05, 3.63) is 106 Å². The van der Waals surface area contributed by atoms with Crippen LogP contribution in [0, 0.1) is 0 Å². The average molecular weight is 520 g/mol. The molecule has 6 rings (SSSR count). The molecule has 0 amide bonds. The molecule has 0 spiro atoms. The van der Waals surface area contributed by atoms with E-state index in [0.29, 0.717) is 19.8 Å². The Kier molecular flexibility index (Phi) is 6.65. The number of anilines is 1. The maximum Gasteiger partial charge on any atom is 0.225 e. The van der Waals surface area contributed by atoms with Gasteiger partial charge in [-0.15, -0.1) is 11.3 Å². The molecule has 4 aromatic rings. The Hall–Kier alpha value is -3.31. The van der Waals surface area contributed by atoms with Gasteiger partial charge in [-0.3, -0.25) is 5.43 Å². The fraction of sp³-hybridized carbons (Fsp3) is 0.231. The molecule has 184 valence electrons. The van der Waals surface area contributed by atoms with Crippen molar-refractivity contribution in [3.63, 3.8) is 0 Å². The highest BCUT2D eigenvalue weighted by Crippen LogP contribution is 2.38. The normalized spacial score (nSPS) is 21.4. The van der Waals surface area contributed by atoms with E-state index in [2.05, 4.69) is 49.6 Å². The van der Waals surface area contributed by atoms with Crippen LogP contribution in [-0.2, 0) is 28.2 Å². The molecule has 1 N–H and O–H groups in total. The van der Waals surface area contributed by atoms with Gasteiger partial charge in [0.1, 0.15) is 37.7 Å². The standard InChI is InChI=1S/C26H25N5O3S2/c1-2-5-20(6-3-1)13-21-16-36-31(29-21)22-8-10-23(11-9-22)32-14-24-15-33-26(34-24,25-7-4-12-35-25)17-30-19-27-18-28-30/h1-12,16,18-19,24,29H,13-15,17H2. The zero-order chi connectivity index (χ0) is 24.2. The maximum absolute atomic E-state index is 6.40. The molecular weight excluding hydrogens is 494 g/mol. The Labute approximate surface area is 217 Å². The number of benzene rings is 2. The van der Waals surface area contributed by atoms with Gasteiger partial charge in [0.25, 0.3) is 0 Å². The fourth-order valence-corrected chi connectivity index (χ4v) is 5.74. The molecule has 2 unspecified atom stereocenters. The van der Waals surface area contributed by atoms with Crippen molar-refractivity contribution in [2.75, 3.05) is 17.6 Å². The van der Waals surface area contributed by atoms with Crippen LogP contribution in [0.3, 0.4) is 0 Å². The van der Waals surface area contributed by atoms with Gasteiger partial charge in [0.15, 0.2) is 0 Å². The number of aromatic nitrogens is 3. The van der Waals surface area contributed by atoms with Crippen LogP contribution in [0.2, 0.25) is 0 Å². The molecule has 0 radical (unpaired) electrons. The first kappa shape index (κ1) is 23.1. The molecule has 1 saturated heterocycles. The number of ether oxygens (including phenoxy) is 3. The number of nitrogens with one attached hydrogen (secondary N) is 1. The first-order chi connectivity index (χ1) is 17.8. The second-order valence-electron chi connectivity index (χ2n) is 8.50. The minimum atomic E-state index is -0.886. The summed E-state index contributed by atoms with van der Waals surface area (Å²) in [7, 11) is 0. The number of thiophene rings is 1. The monoisotopic (exact) mass is 519 g/mol. The van der Waals surface area contributed by atoms with Crippen LogP contribution in [0.5, 0.6) is 5.75 Å². The van der Waals surface area contributed by atoms with E-state index in [4.69, 9.17) is 14.2 Å². The smallest absolute Gasteiger partial charge is 0.225 e. The van der Waals surface area contributed by atoms with Crippen LogP contribution in [0.25, 0.3) is 0 Å². The third-order valence-corrected chi connectivity index (χ3v) is 7.78. The molecule has 36 heavy (non-hydrogen) atoms. The van der Waals surface area contributed by atoms with Crippen molar-refractivity contribution in [2.45, 2.75) is 24.9 Å². The van der Waals surface area contributed by atoms with Gasteiger partial charge in [0.2, 0.25) is 5.79 Å². The van der Waals surface area contributed by atoms with Gasteiger partial charge in [-0.2, -0.15) is 5.10 Å². The van der Waals surface area contributed by atoms with Crippen LogP contribution in [0.15, 0.2) is 95.9 Å². The Morgan fingerprint density at radius 3 is 2.75 bits per heavy atom. The first-order valence-electron chi connectivity index (χ1n) is 11.6. The van der Waals surface area contributed by atoms with E-state index in [-0.39, 0.29) is 6.10 Å². The summed E-state index contributed by atoms with van der Waals surface area (Å²) >= 11 is 3.24. The number of nitrogens with zero attached hydrogens (tertiary/aromatic N) is 4. The highest BCUT2D eigenvalue weighted by molar-refractivity contribution is 8.03. The molecule has 4 heterocycles. The lowest BCUT2D eigenvalue weighted by Gasteiger charge is -2.26. The lowest BCUT2D eigenvalue weighted by atomic mass is 10.1. The molecule has 2 aromatic heterocycles. The van der Waals surface area contributed by atoms with Gasteiger partial charge >= 0.3 is 0 Å². The summed E-state index contributed by atoms with van der Waals surface area (Å²) in [4.78, 5) is 5.04. The summed E-state index contributed by atoms with van der Waals surface area (Å²) < 4.78 is 22.4. The Balaban J connectivity index is 1.03. The van der Waals surface area contributed by atoms with Crippen molar-refractivity contribution in [1.82, 2.24) is 20.2 Å². The summed E-state index contributed by atoms with van der Waals surface area (Å²) in [5.74, 6) is -0.100. The predicted molar refractivity (Wildman–Crippen MR) is 140 cm³/mol. The Bertz CT molecular complexity index is 1280. The molecule has 10 heteroatoms. The lowest BCUT2D eigenvalue weighted by Crippen LogP contribution is -2.33. The third kappa shape index (κ3) is 5.12. The van der Waals surface area contributed by atoms with Gasteiger partial charge in [-0.1, -0.05) is 36.4 Å². The summed E-state index contributed by atoms with van der Waals surface area (Å²) in [6.07, 6.45) is 3.85. The highest BCUT2D eigenvalue weighted by atomic mass is 32.2. The van der Waals surface area contributed by atoms with E-state index < -0.39 is 5.79 Å². The van der Waals surface area contributed by atoms with Crippen molar-refractivity contribution >= 4 is 29.0 Å². The summed E-state index contributed by atoms with van der Waals surface area (Å²) in [5.41, 5.74) is 6.97. The van der Waals surface area contributed by atoms with Gasteiger partial charge in [-0.05, 0) is 41.3 Å². The third-order valence-electron chi connectivity index (χ3n) is 5.88. The maximum atomic E-state index is 6.40. The van der Waals surface area contributed by atoms with Crippen LogP contribution < -0.4 is 14.6 Å². The SMILES string of the molecule is C1=C(Cc2ccccc2)NN(c2ccc(OCC3COC(Cn4cncn4)(c4cccs4)O3)cc2)S1. The van der Waals surface area contributed by atoms with E-state index in [1.54, 1.807) is 34.3 Å². The number of hydrogen-bond donors (Lipinski definition) is 1. The van der Waals surface area contributed by atoms with Gasteiger partial charge < -0.3 is 14.2 Å². The van der Waals surface area contributed by atoms with E-state index in [1.807, 2.05) is 47.8 Å². The molecule has 0 saturated carbocycles. The van der Waals surface area contributed by atoms with E-state index in [9.17, 15) is 0 Å². The van der Waals surface area contributed by atoms with Crippen LogP contribution in [0.4, 0.5) is 5.69 Å². The van der Waals surface area contributed by atoms with Crippen molar-refractivity contribution < 1.29 is 14.2 Å². The van der Waals surface area contributed by atoms with E-state index >= 15 is 0 Å². The first-order valence-corrected chi connectivity index (χ1v) is 13.3. The van der Waals surface area contributed by atoms with Gasteiger partial charge in [-0.25, -0.2) is 14.1 Å². The molecule has 2 atom stereocenters. The summed E-state index contributed by atoms with van der Waals surface area (Å²) in [6, 6.07) is 22.5. The summed E-state index contributed by atoms with van der Waals surface area (Å²) in [6.45, 7) is 1.26. The molecule has 0 aliphatic carbocycles. The average Bonchev–Trinajstić information content (AvgIpc) is 3.73. The molecular formula is C26H25N5O3S2. The highest BCUT2D eigenvalue weighted by Gasteiger charge is 2.45. The molecule has 8 nitrogen and oxygen atoms in total. The number of hydrogen-bond acceptors (Lipinski definition) is 9. The fourth-order valence-electron chi connectivity index (χ4n) is 4.15. The molecule has 2 aliphatic rings. The van der Waals surface area contributed by atoms with Crippen LogP contribution in [-0.4, -0.2) is 34.1 Å². The summed E-state index contributed by atoms with van der Waals surface area (Å²) in [5, 5.41) is 8.39. The zero-order valence-electron chi connectivity index (χ0n) is 19.4. The number of hydrazine groups is 1. The van der Waals surface area contributed by atoms with Crippen molar-refractivity contribution in [1.29, 1.82) is 0 Å². The topological polar surface area (TPSA) is 73.7 Å². The second kappa shape index (κ2) is 10.4. The zero-order valence-corrected chi connectivity index (χ0v) is 21.0.